The molecule has 0 bridgehead atoms. The number of rotatable bonds is 4. The van der Waals surface area contributed by atoms with Crippen molar-refractivity contribution in [1.82, 2.24) is 0 Å². The van der Waals surface area contributed by atoms with Gasteiger partial charge in [-0.25, -0.2) is 0 Å². The molecule has 0 aliphatic rings. The molecule has 1 N–H and O–H groups in total. The summed E-state index contributed by atoms with van der Waals surface area (Å²) in [6.07, 6.45) is 0.315. The summed E-state index contributed by atoms with van der Waals surface area (Å²) in [5.74, 6) is -0.0597. The van der Waals surface area contributed by atoms with Crippen molar-refractivity contribution in [3.63, 3.8) is 0 Å². The van der Waals surface area contributed by atoms with Crippen LogP contribution in [0.3, 0.4) is 0 Å². The molecule has 0 heterocycles. The second-order valence-electron chi connectivity index (χ2n) is 5.50. The molecule has 0 unspecified atom stereocenters. The maximum atomic E-state index is 12.3. The van der Waals surface area contributed by atoms with Crippen LogP contribution >= 0.6 is 0 Å². The van der Waals surface area contributed by atoms with E-state index in [0.717, 1.165) is 16.3 Å². The van der Waals surface area contributed by atoms with Gasteiger partial charge in [0.1, 0.15) is 0 Å². The van der Waals surface area contributed by atoms with Crippen molar-refractivity contribution >= 4 is 28.2 Å². The lowest BCUT2D eigenvalue weighted by molar-refractivity contribution is -0.115. The Morgan fingerprint density at radius 2 is 1.57 bits per heavy atom. The van der Waals surface area contributed by atoms with Gasteiger partial charge in [0.25, 0.3) is 0 Å². The first-order valence-electron chi connectivity index (χ1n) is 7.51. The van der Waals surface area contributed by atoms with Crippen LogP contribution in [-0.2, 0) is 11.2 Å². The molecule has 0 saturated carbocycles. The number of carbonyl (C=O) groups excluding carboxylic acids is 2. The van der Waals surface area contributed by atoms with E-state index in [0.29, 0.717) is 17.7 Å². The van der Waals surface area contributed by atoms with Gasteiger partial charge in [-0.15, -0.1) is 0 Å². The quantitative estimate of drug-likeness (QED) is 0.733. The summed E-state index contributed by atoms with van der Waals surface area (Å²) < 4.78 is 0. The number of fused-ring (bicyclic) bond motifs is 1. The van der Waals surface area contributed by atoms with Crippen LogP contribution in [0.25, 0.3) is 10.8 Å². The Labute approximate surface area is 135 Å². The summed E-state index contributed by atoms with van der Waals surface area (Å²) in [6, 6.07) is 20.9. The molecule has 3 rings (SSSR count). The molecule has 0 aromatic heterocycles. The molecule has 0 saturated heterocycles. The lowest BCUT2D eigenvalue weighted by atomic mass is 10.0. The van der Waals surface area contributed by atoms with Gasteiger partial charge in [-0.2, -0.15) is 0 Å². The number of ketones is 1. The Balaban J connectivity index is 1.75. The van der Waals surface area contributed by atoms with Crippen LogP contribution < -0.4 is 5.32 Å². The number of Topliss-reactive ketones (excluding diaryl/α,β-unsaturated/α-hetero) is 1. The van der Waals surface area contributed by atoms with Crippen LogP contribution in [0.4, 0.5) is 5.69 Å². The van der Waals surface area contributed by atoms with Crippen LogP contribution in [-0.4, -0.2) is 11.7 Å². The Morgan fingerprint density at radius 1 is 0.870 bits per heavy atom. The summed E-state index contributed by atoms with van der Waals surface area (Å²) in [7, 11) is 0. The predicted octanol–water partition coefficient (Wildman–Crippen LogP) is 4.22. The van der Waals surface area contributed by atoms with E-state index in [1.807, 2.05) is 42.5 Å². The Hall–Kier alpha value is -2.94. The standard InChI is InChI=1S/C20H17NO2/c1-14(22)15-9-11-18(12-10-15)21-20(23)13-17-7-4-6-16-5-2-3-8-19(16)17/h2-12H,13H2,1H3,(H,21,23). The fraction of sp³-hybridized carbons (Fsp3) is 0.100. The molecule has 114 valence electrons. The summed E-state index contributed by atoms with van der Waals surface area (Å²) in [4.78, 5) is 23.5. The van der Waals surface area contributed by atoms with Crippen LogP contribution in [0.15, 0.2) is 66.7 Å². The lowest BCUT2D eigenvalue weighted by Crippen LogP contribution is -2.14. The Morgan fingerprint density at radius 3 is 2.30 bits per heavy atom. The maximum absolute atomic E-state index is 12.3. The molecule has 0 aliphatic carbocycles. The second kappa shape index (κ2) is 6.44. The molecule has 0 fully saturated rings. The van der Waals surface area contributed by atoms with E-state index in [-0.39, 0.29) is 11.7 Å². The molecule has 3 nitrogen and oxygen atoms in total. The van der Waals surface area contributed by atoms with Crippen LogP contribution in [0, 0.1) is 0 Å². The molecule has 3 heteroatoms. The number of hydrogen-bond donors (Lipinski definition) is 1. The molecular weight excluding hydrogens is 286 g/mol. The number of nitrogens with one attached hydrogen (secondary N) is 1. The first kappa shape index (κ1) is 15.0. The van der Waals surface area contributed by atoms with Gasteiger partial charge in [0, 0.05) is 11.3 Å². The molecule has 0 aliphatic heterocycles. The summed E-state index contributed by atoms with van der Waals surface area (Å²) in [5, 5.41) is 5.09. The van der Waals surface area contributed by atoms with Crippen molar-refractivity contribution in [3.8, 4) is 0 Å². The molecule has 0 spiro atoms. The van der Waals surface area contributed by atoms with E-state index in [1.54, 1.807) is 24.3 Å². The molecule has 0 atom stereocenters. The van der Waals surface area contributed by atoms with Crippen LogP contribution in [0.2, 0.25) is 0 Å². The highest BCUT2D eigenvalue weighted by Gasteiger charge is 2.07. The van der Waals surface area contributed by atoms with Gasteiger partial charge in [0.15, 0.2) is 5.78 Å². The largest absolute Gasteiger partial charge is 0.326 e. The fourth-order valence-corrected chi connectivity index (χ4v) is 2.61. The minimum absolute atomic E-state index is 0.0126. The third-order valence-electron chi connectivity index (χ3n) is 3.81. The SMILES string of the molecule is CC(=O)c1ccc(NC(=O)Cc2cccc3ccccc23)cc1. The van der Waals surface area contributed by atoms with Gasteiger partial charge in [0.05, 0.1) is 6.42 Å². The smallest absolute Gasteiger partial charge is 0.228 e. The zero-order valence-corrected chi connectivity index (χ0v) is 12.9. The van der Waals surface area contributed by atoms with Gasteiger partial charge in [-0.1, -0.05) is 42.5 Å². The van der Waals surface area contributed by atoms with Crippen LogP contribution in [0.1, 0.15) is 22.8 Å². The normalized spacial score (nSPS) is 10.5. The summed E-state index contributed by atoms with van der Waals surface area (Å²) in [5.41, 5.74) is 2.33. The van der Waals surface area contributed by atoms with Crippen molar-refractivity contribution in [3.05, 3.63) is 77.9 Å². The highest BCUT2D eigenvalue weighted by Crippen LogP contribution is 2.19. The highest BCUT2D eigenvalue weighted by atomic mass is 16.1. The number of amides is 1. The molecule has 23 heavy (non-hydrogen) atoms. The highest BCUT2D eigenvalue weighted by molar-refractivity contribution is 5.97. The third-order valence-corrected chi connectivity index (χ3v) is 3.81. The average Bonchev–Trinajstić information content (AvgIpc) is 2.55. The van der Waals surface area contributed by atoms with E-state index in [1.165, 1.54) is 6.92 Å². The maximum Gasteiger partial charge on any atom is 0.228 e. The first-order valence-corrected chi connectivity index (χ1v) is 7.51. The lowest BCUT2D eigenvalue weighted by Gasteiger charge is -2.08. The monoisotopic (exact) mass is 303 g/mol. The third kappa shape index (κ3) is 3.46. The van der Waals surface area contributed by atoms with Crippen molar-refractivity contribution in [2.75, 3.05) is 5.32 Å². The van der Waals surface area contributed by atoms with E-state index in [2.05, 4.69) is 5.32 Å². The second-order valence-corrected chi connectivity index (χ2v) is 5.50. The van der Waals surface area contributed by atoms with E-state index in [4.69, 9.17) is 0 Å². The average molecular weight is 303 g/mol. The van der Waals surface area contributed by atoms with E-state index < -0.39 is 0 Å². The van der Waals surface area contributed by atoms with Crippen molar-refractivity contribution < 1.29 is 9.59 Å². The van der Waals surface area contributed by atoms with Gasteiger partial charge in [-0.05, 0) is 47.5 Å². The van der Waals surface area contributed by atoms with Crippen molar-refractivity contribution in [1.29, 1.82) is 0 Å². The van der Waals surface area contributed by atoms with Crippen molar-refractivity contribution in [2.24, 2.45) is 0 Å². The van der Waals surface area contributed by atoms with Gasteiger partial charge >= 0.3 is 0 Å². The fourth-order valence-electron chi connectivity index (χ4n) is 2.61. The minimum Gasteiger partial charge on any atom is -0.326 e. The molecule has 1 amide bonds. The van der Waals surface area contributed by atoms with Crippen molar-refractivity contribution in [2.45, 2.75) is 13.3 Å². The Kier molecular flexibility index (Phi) is 4.20. The molecule has 3 aromatic rings. The van der Waals surface area contributed by atoms with E-state index in [9.17, 15) is 9.59 Å². The topological polar surface area (TPSA) is 46.2 Å². The Bertz CT molecular complexity index is 861. The first-order chi connectivity index (χ1) is 11.1. The predicted molar refractivity (Wildman–Crippen MR) is 92.7 cm³/mol. The summed E-state index contributed by atoms with van der Waals surface area (Å²) in [6.45, 7) is 1.52. The summed E-state index contributed by atoms with van der Waals surface area (Å²) >= 11 is 0. The molecule has 0 radical (unpaired) electrons. The van der Waals surface area contributed by atoms with E-state index >= 15 is 0 Å². The van der Waals surface area contributed by atoms with Gasteiger partial charge in [-0.3, -0.25) is 9.59 Å². The van der Waals surface area contributed by atoms with Crippen LogP contribution in [0.5, 0.6) is 0 Å². The zero-order chi connectivity index (χ0) is 16.2. The molecule has 3 aromatic carbocycles. The zero-order valence-electron chi connectivity index (χ0n) is 12.9. The minimum atomic E-state index is -0.0723. The number of hydrogen-bond acceptors (Lipinski definition) is 2. The van der Waals surface area contributed by atoms with Gasteiger partial charge in [0.2, 0.25) is 5.91 Å². The number of benzene rings is 3. The molecular formula is C20H17NO2. The number of anilines is 1. The number of carbonyl (C=O) groups is 2. The van der Waals surface area contributed by atoms with Gasteiger partial charge < -0.3 is 5.32 Å².